The summed E-state index contributed by atoms with van der Waals surface area (Å²) in [6, 6.07) is 5.64. The van der Waals surface area contributed by atoms with E-state index < -0.39 is 0 Å². The largest absolute Gasteiger partial charge is 0.466 e. The van der Waals surface area contributed by atoms with Crippen LogP contribution in [-0.2, 0) is 16.0 Å². The van der Waals surface area contributed by atoms with Crippen molar-refractivity contribution in [2.24, 2.45) is 0 Å². The lowest BCUT2D eigenvalue weighted by molar-refractivity contribution is -0.142. The lowest BCUT2D eigenvalue weighted by atomic mass is 10.0. The molecule has 84 valence electrons. The SMILES string of the molecule is CCOC(=O)Cc1cc(C#N)cc(I)c1C. The lowest BCUT2D eigenvalue weighted by Crippen LogP contribution is -2.09. The van der Waals surface area contributed by atoms with E-state index in [-0.39, 0.29) is 12.4 Å². The van der Waals surface area contributed by atoms with Gasteiger partial charge < -0.3 is 4.74 Å². The fraction of sp³-hybridized carbons (Fsp3) is 0.333. The molecule has 16 heavy (non-hydrogen) atoms. The van der Waals surface area contributed by atoms with Crippen molar-refractivity contribution >= 4 is 28.6 Å². The first kappa shape index (κ1) is 13.0. The number of hydrogen-bond acceptors (Lipinski definition) is 3. The van der Waals surface area contributed by atoms with E-state index in [9.17, 15) is 4.79 Å². The molecule has 0 aliphatic carbocycles. The minimum Gasteiger partial charge on any atom is -0.466 e. The number of benzene rings is 1. The molecule has 0 saturated carbocycles. The summed E-state index contributed by atoms with van der Waals surface area (Å²) in [7, 11) is 0. The van der Waals surface area contributed by atoms with Crippen LogP contribution in [0.2, 0.25) is 0 Å². The minimum atomic E-state index is -0.253. The maximum Gasteiger partial charge on any atom is 0.310 e. The number of nitrogens with zero attached hydrogens (tertiary/aromatic N) is 1. The van der Waals surface area contributed by atoms with Crippen molar-refractivity contribution < 1.29 is 9.53 Å². The van der Waals surface area contributed by atoms with Crippen molar-refractivity contribution in [3.05, 3.63) is 32.4 Å². The van der Waals surface area contributed by atoms with Gasteiger partial charge >= 0.3 is 5.97 Å². The molecule has 0 saturated heterocycles. The fourth-order valence-electron chi connectivity index (χ4n) is 1.35. The highest BCUT2D eigenvalue weighted by molar-refractivity contribution is 14.1. The third-order valence-electron chi connectivity index (χ3n) is 2.22. The number of hydrogen-bond donors (Lipinski definition) is 0. The summed E-state index contributed by atoms with van der Waals surface area (Å²) in [6.45, 7) is 4.10. The zero-order valence-electron chi connectivity index (χ0n) is 9.21. The lowest BCUT2D eigenvalue weighted by Gasteiger charge is -2.08. The molecule has 1 rings (SSSR count). The van der Waals surface area contributed by atoms with E-state index in [4.69, 9.17) is 10.00 Å². The molecule has 0 unspecified atom stereocenters. The number of carbonyl (C=O) groups excluding carboxylic acids is 1. The Labute approximate surface area is 109 Å². The molecule has 0 N–H and O–H groups in total. The van der Waals surface area contributed by atoms with Crippen LogP contribution in [0.1, 0.15) is 23.6 Å². The maximum absolute atomic E-state index is 11.4. The quantitative estimate of drug-likeness (QED) is 0.633. The van der Waals surface area contributed by atoms with Gasteiger partial charge in [0.05, 0.1) is 24.7 Å². The van der Waals surface area contributed by atoms with Crippen molar-refractivity contribution in [3.8, 4) is 6.07 Å². The van der Waals surface area contributed by atoms with Gasteiger partial charge in [-0.3, -0.25) is 4.79 Å². The molecule has 0 heterocycles. The Balaban J connectivity index is 3.00. The smallest absolute Gasteiger partial charge is 0.310 e. The topological polar surface area (TPSA) is 50.1 Å². The molecule has 0 fully saturated rings. The van der Waals surface area contributed by atoms with Crippen LogP contribution in [0, 0.1) is 21.8 Å². The van der Waals surface area contributed by atoms with Crippen LogP contribution in [-0.4, -0.2) is 12.6 Å². The second-order valence-corrected chi connectivity index (χ2v) is 4.50. The molecule has 0 atom stereocenters. The van der Waals surface area contributed by atoms with Crippen LogP contribution >= 0.6 is 22.6 Å². The average molecular weight is 329 g/mol. The van der Waals surface area contributed by atoms with Gasteiger partial charge in [0.2, 0.25) is 0 Å². The van der Waals surface area contributed by atoms with Crippen LogP contribution < -0.4 is 0 Å². The van der Waals surface area contributed by atoms with E-state index >= 15 is 0 Å². The Kier molecular flexibility index (Phi) is 4.74. The predicted molar refractivity (Wildman–Crippen MR) is 68.9 cm³/mol. The van der Waals surface area contributed by atoms with Gasteiger partial charge in [-0.05, 0) is 59.7 Å². The standard InChI is InChI=1S/C12H12INO2/c1-3-16-12(15)6-10-4-9(7-14)5-11(13)8(10)2/h4-5H,3,6H2,1-2H3. The molecule has 0 aliphatic rings. The van der Waals surface area contributed by atoms with E-state index in [1.165, 1.54) is 0 Å². The van der Waals surface area contributed by atoms with E-state index in [2.05, 4.69) is 28.7 Å². The van der Waals surface area contributed by atoms with Crippen molar-refractivity contribution in [2.45, 2.75) is 20.3 Å². The van der Waals surface area contributed by atoms with E-state index in [1.807, 2.05) is 13.0 Å². The molecule has 1 aromatic carbocycles. The Bertz CT molecular complexity index is 449. The number of ether oxygens (including phenoxy) is 1. The van der Waals surface area contributed by atoms with Crippen LogP contribution in [0.5, 0.6) is 0 Å². The molecule has 0 radical (unpaired) electrons. The summed E-state index contributed by atoms with van der Waals surface area (Å²) in [5.41, 5.74) is 2.48. The predicted octanol–water partition coefficient (Wildman–Crippen LogP) is 2.58. The normalized spacial score (nSPS) is 9.62. The van der Waals surface area contributed by atoms with Gasteiger partial charge in [-0.2, -0.15) is 5.26 Å². The maximum atomic E-state index is 11.4. The summed E-state index contributed by atoms with van der Waals surface area (Å²) < 4.78 is 5.89. The van der Waals surface area contributed by atoms with Gasteiger partial charge in [0, 0.05) is 3.57 Å². The average Bonchev–Trinajstić information content (AvgIpc) is 2.24. The van der Waals surface area contributed by atoms with Crippen molar-refractivity contribution in [3.63, 3.8) is 0 Å². The van der Waals surface area contributed by atoms with Gasteiger partial charge in [0.25, 0.3) is 0 Å². The molecule has 1 aromatic rings. The van der Waals surface area contributed by atoms with Crippen molar-refractivity contribution in [2.75, 3.05) is 6.61 Å². The summed E-state index contributed by atoms with van der Waals surface area (Å²) in [5, 5.41) is 8.85. The monoisotopic (exact) mass is 329 g/mol. The first-order valence-corrected chi connectivity index (χ1v) is 6.01. The molecule has 0 amide bonds. The highest BCUT2D eigenvalue weighted by Gasteiger charge is 2.10. The first-order chi connectivity index (χ1) is 7.58. The number of halogens is 1. The molecular weight excluding hydrogens is 317 g/mol. The molecule has 0 spiro atoms. The second kappa shape index (κ2) is 5.85. The zero-order chi connectivity index (χ0) is 12.1. The summed E-state index contributed by atoms with van der Waals surface area (Å²) in [4.78, 5) is 11.4. The van der Waals surface area contributed by atoms with Gasteiger partial charge in [-0.1, -0.05) is 0 Å². The van der Waals surface area contributed by atoms with Crippen LogP contribution in [0.3, 0.4) is 0 Å². The minimum absolute atomic E-state index is 0.227. The van der Waals surface area contributed by atoms with Crippen molar-refractivity contribution in [1.29, 1.82) is 5.26 Å². The van der Waals surface area contributed by atoms with E-state index in [1.54, 1.807) is 13.0 Å². The molecule has 4 heteroatoms. The van der Waals surface area contributed by atoms with Gasteiger partial charge in [-0.25, -0.2) is 0 Å². The third kappa shape index (κ3) is 3.20. The Morgan fingerprint density at radius 3 is 2.81 bits per heavy atom. The van der Waals surface area contributed by atoms with Crippen molar-refractivity contribution in [1.82, 2.24) is 0 Å². The highest BCUT2D eigenvalue weighted by Crippen LogP contribution is 2.19. The Morgan fingerprint density at radius 2 is 2.25 bits per heavy atom. The van der Waals surface area contributed by atoms with Crippen LogP contribution in [0.25, 0.3) is 0 Å². The van der Waals surface area contributed by atoms with Crippen LogP contribution in [0.4, 0.5) is 0 Å². The van der Waals surface area contributed by atoms with E-state index in [0.717, 1.165) is 14.7 Å². The number of nitriles is 1. The summed E-state index contributed by atoms with van der Waals surface area (Å²) >= 11 is 2.16. The number of rotatable bonds is 3. The second-order valence-electron chi connectivity index (χ2n) is 3.34. The number of carbonyl (C=O) groups is 1. The molecule has 0 bridgehead atoms. The van der Waals surface area contributed by atoms with Gasteiger partial charge in [0.15, 0.2) is 0 Å². The van der Waals surface area contributed by atoms with Gasteiger partial charge in [-0.15, -0.1) is 0 Å². The van der Waals surface area contributed by atoms with E-state index in [0.29, 0.717) is 12.2 Å². The molecule has 0 aromatic heterocycles. The summed E-state index contributed by atoms with van der Waals surface area (Å²) in [5.74, 6) is -0.253. The molecular formula is C12H12INO2. The third-order valence-corrected chi connectivity index (χ3v) is 3.34. The van der Waals surface area contributed by atoms with Gasteiger partial charge in [0.1, 0.15) is 0 Å². The number of esters is 1. The highest BCUT2D eigenvalue weighted by atomic mass is 127. The molecule has 0 aliphatic heterocycles. The van der Waals surface area contributed by atoms with Crippen LogP contribution in [0.15, 0.2) is 12.1 Å². The Hall–Kier alpha value is -1.09. The Morgan fingerprint density at radius 1 is 1.56 bits per heavy atom. The summed E-state index contributed by atoms with van der Waals surface area (Å²) in [6.07, 6.45) is 0.227. The molecule has 3 nitrogen and oxygen atoms in total. The zero-order valence-corrected chi connectivity index (χ0v) is 11.4. The fourth-order valence-corrected chi connectivity index (χ4v) is 2.03. The first-order valence-electron chi connectivity index (χ1n) is 4.93.